The van der Waals surface area contributed by atoms with Gasteiger partial charge in [0.1, 0.15) is 6.61 Å². The average molecular weight is 462 g/mol. The Bertz CT molecular complexity index is 976. The topological polar surface area (TPSA) is 67.8 Å². The molecule has 0 saturated heterocycles. The molecule has 0 radical (unpaired) electrons. The molecule has 0 unspecified atom stereocenters. The Labute approximate surface area is 193 Å². The van der Waals surface area contributed by atoms with Crippen molar-refractivity contribution in [2.75, 3.05) is 6.61 Å². The van der Waals surface area contributed by atoms with E-state index >= 15 is 0 Å². The van der Waals surface area contributed by atoms with Crippen molar-refractivity contribution >= 4 is 30.0 Å². The summed E-state index contributed by atoms with van der Waals surface area (Å²) in [6, 6.07) is 20.2. The Morgan fingerprint density at radius 3 is 2.26 bits per heavy atom. The standard InChI is InChI=1S/C24H24ClNO4.ClH/c1-2-29-22-5-3-4-20(23(22)30-16-18-8-12-21(25)13-9-18)15-26-14-17-6-10-19(11-7-17)24(27)28;/h3-13,26H,2,14-16H2,1H3,(H,27,28);1H. The predicted octanol–water partition coefficient (Wildman–Crippen LogP) is 5.73. The summed E-state index contributed by atoms with van der Waals surface area (Å²) in [5.74, 6) is 0.490. The molecular formula is C24H25Cl2NO4. The molecule has 7 heteroatoms. The Kier molecular flexibility index (Phi) is 9.66. The molecule has 0 bridgehead atoms. The monoisotopic (exact) mass is 461 g/mol. The summed E-state index contributed by atoms with van der Waals surface area (Å²) in [4.78, 5) is 11.0. The fourth-order valence-corrected chi connectivity index (χ4v) is 3.10. The van der Waals surface area contributed by atoms with E-state index < -0.39 is 5.97 Å². The fraction of sp³-hybridized carbons (Fsp3) is 0.208. The van der Waals surface area contributed by atoms with Crippen molar-refractivity contribution in [2.45, 2.75) is 26.6 Å². The molecule has 164 valence electrons. The summed E-state index contributed by atoms with van der Waals surface area (Å²) >= 11 is 5.95. The minimum absolute atomic E-state index is 0. The highest BCUT2D eigenvalue weighted by atomic mass is 35.5. The van der Waals surface area contributed by atoms with E-state index in [0.29, 0.717) is 42.8 Å². The Hall–Kier alpha value is -2.73. The van der Waals surface area contributed by atoms with Gasteiger partial charge in [-0.3, -0.25) is 0 Å². The first-order valence-electron chi connectivity index (χ1n) is 9.71. The van der Waals surface area contributed by atoms with Gasteiger partial charge in [0.05, 0.1) is 12.2 Å². The molecule has 3 aromatic carbocycles. The van der Waals surface area contributed by atoms with E-state index in [1.54, 1.807) is 12.1 Å². The van der Waals surface area contributed by atoms with Crippen LogP contribution in [0.4, 0.5) is 0 Å². The molecule has 0 fully saturated rings. The van der Waals surface area contributed by atoms with Crippen LogP contribution in [0.2, 0.25) is 5.02 Å². The van der Waals surface area contributed by atoms with Crippen molar-refractivity contribution in [3.8, 4) is 11.5 Å². The summed E-state index contributed by atoms with van der Waals surface area (Å²) in [6.45, 7) is 4.08. The molecule has 2 N–H and O–H groups in total. The SMILES string of the molecule is CCOc1cccc(CNCc2ccc(C(=O)O)cc2)c1OCc1ccc(Cl)cc1.Cl. The van der Waals surface area contributed by atoms with Crippen molar-refractivity contribution in [1.29, 1.82) is 0 Å². The van der Waals surface area contributed by atoms with E-state index in [1.807, 2.05) is 61.5 Å². The third-order valence-electron chi connectivity index (χ3n) is 4.50. The Morgan fingerprint density at radius 2 is 1.61 bits per heavy atom. The number of aromatic carboxylic acids is 1. The first-order valence-corrected chi connectivity index (χ1v) is 10.1. The van der Waals surface area contributed by atoms with E-state index in [0.717, 1.165) is 16.7 Å². The van der Waals surface area contributed by atoms with Gasteiger partial charge in [0.2, 0.25) is 0 Å². The lowest BCUT2D eigenvalue weighted by Gasteiger charge is -2.16. The van der Waals surface area contributed by atoms with Crippen molar-refractivity contribution in [3.63, 3.8) is 0 Å². The number of para-hydroxylation sites is 1. The van der Waals surface area contributed by atoms with Gasteiger partial charge in [-0.1, -0.05) is 48.0 Å². The highest BCUT2D eigenvalue weighted by molar-refractivity contribution is 6.30. The van der Waals surface area contributed by atoms with E-state index in [2.05, 4.69) is 5.32 Å². The number of hydrogen-bond acceptors (Lipinski definition) is 4. The molecule has 0 aromatic heterocycles. The Balaban J connectivity index is 0.00000341. The van der Waals surface area contributed by atoms with Crippen LogP contribution in [0.25, 0.3) is 0 Å². The van der Waals surface area contributed by atoms with Gasteiger partial charge in [0.25, 0.3) is 0 Å². The summed E-state index contributed by atoms with van der Waals surface area (Å²) in [7, 11) is 0. The summed E-state index contributed by atoms with van der Waals surface area (Å²) in [5, 5.41) is 13.1. The minimum atomic E-state index is -0.926. The predicted molar refractivity (Wildman–Crippen MR) is 125 cm³/mol. The highest BCUT2D eigenvalue weighted by Crippen LogP contribution is 2.32. The van der Waals surface area contributed by atoms with E-state index in [4.69, 9.17) is 26.2 Å². The number of nitrogens with one attached hydrogen (secondary N) is 1. The number of ether oxygens (including phenoxy) is 2. The van der Waals surface area contributed by atoms with Crippen LogP contribution >= 0.6 is 24.0 Å². The molecular weight excluding hydrogens is 437 g/mol. The fourth-order valence-electron chi connectivity index (χ4n) is 2.98. The van der Waals surface area contributed by atoms with Crippen LogP contribution in [-0.2, 0) is 19.7 Å². The van der Waals surface area contributed by atoms with Crippen LogP contribution in [0, 0.1) is 0 Å². The number of hydrogen-bond donors (Lipinski definition) is 2. The van der Waals surface area contributed by atoms with Crippen molar-refractivity contribution < 1.29 is 19.4 Å². The summed E-state index contributed by atoms with van der Waals surface area (Å²) in [6.07, 6.45) is 0. The van der Waals surface area contributed by atoms with Crippen molar-refractivity contribution in [3.05, 3.63) is 94.0 Å². The maximum absolute atomic E-state index is 11.0. The smallest absolute Gasteiger partial charge is 0.335 e. The third-order valence-corrected chi connectivity index (χ3v) is 4.75. The normalized spacial score (nSPS) is 10.3. The van der Waals surface area contributed by atoms with Crippen LogP contribution in [0.3, 0.4) is 0 Å². The number of benzene rings is 3. The van der Waals surface area contributed by atoms with Crippen LogP contribution in [0.15, 0.2) is 66.7 Å². The largest absolute Gasteiger partial charge is 0.490 e. The van der Waals surface area contributed by atoms with Crippen LogP contribution < -0.4 is 14.8 Å². The third kappa shape index (κ3) is 7.17. The van der Waals surface area contributed by atoms with Gasteiger partial charge in [0.15, 0.2) is 11.5 Å². The zero-order valence-corrected chi connectivity index (χ0v) is 18.7. The molecule has 0 saturated carbocycles. The Morgan fingerprint density at radius 1 is 0.935 bits per heavy atom. The summed E-state index contributed by atoms with van der Waals surface area (Å²) < 4.78 is 11.9. The number of rotatable bonds is 10. The van der Waals surface area contributed by atoms with Gasteiger partial charge >= 0.3 is 5.97 Å². The second-order valence-electron chi connectivity index (χ2n) is 6.70. The average Bonchev–Trinajstić information content (AvgIpc) is 2.75. The molecule has 3 aromatic rings. The zero-order chi connectivity index (χ0) is 21.3. The number of carbonyl (C=O) groups is 1. The maximum atomic E-state index is 11.0. The van der Waals surface area contributed by atoms with Crippen LogP contribution in [0.1, 0.15) is 34.0 Å². The molecule has 0 amide bonds. The number of carboxylic acid groups (broad SMARTS) is 1. The lowest BCUT2D eigenvalue weighted by molar-refractivity contribution is 0.0697. The van der Waals surface area contributed by atoms with Crippen molar-refractivity contribution in [2.24, 2.45) is 0 Å². The molecule has 0 atom stereocenters. The van der Waals surface area contributed by atoms with Gasteiger partial charge in [-0.05, 0) is 48.4 Å². The van der Waals surface area contributed by atoms with Crippen LogP contribution in [-0.4, -0.2) is 17.7 Å². The second-order valence-corrected chi connectivity index (χ2v) is 7.13. The maximum Gasteiger partial charge on any atom is 0.335 e. The van der Waals surface area contributed by atoms with Crippen molar-refractivity contribution in [1.82, 2.24) is 5.32 Å². The van der Waals surface area contributed by atoms with Gasteiger partial charge in [-0.2, -0.15) is 0 Å². The zero-order valence-electron chi connectivity index (χ0n) is 17.1. The highest BCUT2D eigenvalue weighted by Gasteiger charge is 2.12. The summed E-state index contributed by atoms with van der Waals surface area (Å²) in [5.41, 5.74) is 3.28. The van der Waals surface area contributed by atoms with E-state index in [9.17, 15) is 4.79 Å². The molecule has 0 heterocycles. The molecule has 3 rings (SSSR count). The quantitative estimate of drug-likeness (QED) is 0.403. The molecule has 0 aliphatic carbocycles. The first kappa shape index (κ1) is 24.5. The van der Waals surface area contributed by atoms with E-state index in [1.165, 1.54) is 0 Å². The van der Waals surface area contributed by atoms with Gasteiger partial charge in [-0.15, -0.1) is 12.4 Å². The van der Waals surface area contributed by atoms with Crippen LogP contribution in [0.5, 0.6) is 11.5 Å². The second kappa shape index (κ2) is 12.2. The van der Waals surface area contributed by atoms with Gasteiger partial charge in [0, 0.05) is 23.7 Å². The molecule has 31 heavy (non-hydrogen) atoms. The first-order chi connectivity index (χ1) is 14.6. The van der Waals surface area contributed by atoms with Gasteiger partial charge < -0.3 is 19.9 Å². The lowest BCUT2D eigenvalue weighted by atomic mass is 10.1. The molecule has 0 spiro atoms. The number of carboxylic acids is 1. The minimum Gasteiger partial charge on any atom is -0.490 e. The molecule has 0 aliphatic heterocycles. The molecule has 5 nitrogen and oxygen atoms in total. The molecule has 0 aliphatic rings. The van der Waals surface area contributed by atoms with E-state index in [-0.39, 0.29) is 18.0 Å². The number of halogens is 2. The van der Waals surface area contributed by atoms with Gasteiger partial charge in [-0.25, -0.2) is 4.79 Å². The lowest BCUT2D eigenvalue weighted by Crippen LogP contribution is -2.14.